The normalized spacial score (nSPS) is 14.9. The average molecular weight is 487 g/mol. The molecule has 188 valence electrons. The number of nitrogens with zero attached hydrogens (tertiary/aromatic N) is 3. The van der Waals surface area contributed by atoms with E-state index in [1.165, 1.54) is 5.56 Å². The Balaban J connectivity index is 1.33. The Morgan fingerprint density at radius 3 is 2.19 bits per heavy atom. The summed E-state index contributed by atoms with van der Waals surface area (Å²) < 4.78 is 0. The quantitative estimate of drug-likeness (QED) is 0.501. The van der Waals surface area contributed by atoms with Gasteiger partial charge in [-0.2, -0.15) is 0 Å². The van der Waals surface area contributed by atoms with Crippen LogP contribution in [0.25, 0.3) is 0 Å². The molecule has 7 nitrogen and oxygen atoms in total. The molecule has 2 N–H and O–H groups in total. The van der Waals surface area contributed by atoms with Crippen LogP contribution in [0.2, 0.25) is 0 Å². The Bertz CT molecular complexity index is 1210. The molecular formula is C29H34N4O3. The number of aliphatic carboxylic acids is 1. The van der Waals surface area contributed by atoms with Crippen molar-refractivity contribution >= 4 is 29.1 Å². The number of carbonyl (C=O) groups is 2. The molecule has 0 aliphatic carbocycles. The van der Waals surface area contributed by atoms with Crippen molar-refractivity contribution in [2.24, 2.45) is 0 Å². The highest BCUT2D eigenvalue weighted by molar-refractivity contribution is 6.04. The smallest absolute Gasteiger partial charge is 0.310 e. The van der Waals surface area contributed by atoms with Gasteiger partial charge in [-0.3, -0.25) is 9.59 Å². The van der Waals surface area contributed by atoms with E-state index in [2.05, 4.69) is 46.9 Å². The monoisotopic (exact) mass is 486 g/mol. The van der Waals surface area contributed by atoms with Gasteiger partial charge in [-0.25, -0.2) is 4.98 Å². The lowest BCUT2D eigenvalue weighted by molar-refractivity contribution is -0.138. The number of benzene rings is 2. The van der Waals surface area contributed by atoms with Crippen LogP contribution in [0.15, 0.2) is 66.9 Å². The van der Waals surface area contributed by atoms with Gasteiger partial charge in [0.15, 0.2) is 0 Å². The molecule has 0 spiro atoms. The number of amides is 1. The first-order chi connectivity index (χ1) is 17.1. The molecule has 1 aromatic heterocycles. The van der Waals surface area contributed by atoms with Crippen LogP contribution in [0.3, 0.4) is 0 Å². The van der Waals surface area contributed by atoms with Gasteiger partial charge in [0.25, 0.3) is 5.91 Å². The molecule has 2 heterocycles. The van der Waals surface area contributed by atoms with Crippen LogP contribution in [-0.2, 0) is 10.2 Å². The van der Waals surface area contributed by atoms with Gasteiger partial charge in [-0.05, 0) is 59.9 Å². The van der Waals surface area contributed by atoms with E-state index in [1.54, 1.807) is 13.1 Å². The van der Waals surface area contributed by atoms with Gasteiger partial charge < -0.3 is 20.2 Å². The minimum Gasteiger partial charge on any atom is -0.481 e. The lowest BCUT2D eigenvalue weighted by Crippen LogP contribution is -2.46. The summed E-state index contributed by atoms with van der Waals surface area (Å²) in [5, 5.41) is 12.2. The van der Waals surface area contributed by atoms with Crippen molar-refractivity contribution < 1.29 is 14.7 Å². The van der Waals surface area contributed by atoms with E-state index < -0.39 is 11.9 Å². The molecule has 7 heteroatoms. The van der Waals surface area contributed by atoms with Crippen molar-refractivity contribution in [3.05, 3.63) is 83.6 Å². The van der Waals surface area contributed by atoms with Crippen molar-refractivity contribution in [1.29, 1.82) is 0 Å². The lowest BCUT2D eigenvalue weighted by atomic mass is 9.87. The third-order valence-electron chi connectivity index (χ3n) is 6.73. The van der Waals surface area contributed by atoms with Crippen LogP contribution in [0.4, 0.5) is 17.2 Å². The number of pyridine rings is 1. The summed E-state index contributed by atoms with van der Waals surface area (Å²) >= 11 is 0. The minimum absolute atomic E-state index is 0.0103. The Hall–Kier alpha value is -3.87. The van der Waals surface area contributed by atoms with Gasteiger partial charge in [0.1, 0.15) is 5.82 Å². The number of hydrogen-bond acceptors (Lipinski definition) is 5. The maximum Gasteiger partial charge on any atom is 0.310 e. The van der Waals surface area contributed by atoms with Crippen LogP contribution in [0.5, 0.6) is 0 Å². The Labute approximate surface area is 212 Å². The summed E-state index contributed by atoms with van der Waals surface area (Å²) in [5.74, 6) is -0.653. The maximum absolute atomic E-state index is 12.8. The standard InChI is InChI=1S/C29H34N4O3/c1-20(28(35)36)21-8-11-25(12-9-21)32-14-16-33(17-15-32)26-13-10-22(19-30-26)27(34)31-24-7-5-6-23(18-24)29(2,3)4/h5-13,18-20H,14-17H2,1-4H3,(H,31,34)(H,35,36). The highest BCUT2D eigenvalue weighted by Crippen LogP contribution is 2.25. The fraction of sp³-hybridized carbons (Fsp3) is 0.345. The number of rotatable bonds is 6. The topological polar surface area (TPSA) is 85.8 Å². The zero-order valence-corrected chi connectivity index (χ0v) is 21.4. The molecule has 2 aromatic carbocycles. The molecule has 1 unspecified atom stereocenters. The molecule has 0 radical (unpaired) electrons. The summed E-state index contributed by atoms with van der Waals surface area (Å²) in [7, 11) is 0. The molecule has 1 saturated heterocycles. The fourth-order valence-corrected chi connectivity index (χ4v) is 4.28. The summed E-state index contributed by atoms with van der Waals surface area (Å²) in [6, 6.07) is 19.4. The van der Waals surface area contributed by atoms with Crippen molar-refractivity contribution in [3.63, 3.8) is 0 Å². The largest absolute Gasteiger partial charge is 0.481 e. The molecule has 1 amide bonds. The minimum atomic E-state index is -0.817. The van der Waals surface area contributed by atoms with Crippen molar-refractivity contribution in [2.75, 3.05) is 41.3 Å². The molecule has 1 aliphatic rings. The second kappa shape index (κ2) is 10.4. The number of carboxylic acids is 1. The highest BCUT2D eigenvalue weighted by Gasteiger charge is 2.20. The van der Waals surface area contributed by atoms with E-state index in [4.69, 9.17) is 0 Å². The van der Waals surface area contributed by atoms with Gasteiger partial charge in [-0.15, -0.1) is 0 Å². The summed E-state index contributed by atoms with van der Waals surface area (Å²) in [6.07, 6.45) is 1.63. The highest BCUT2D eigenvalue weighted by atomic mass is 16.4. The first-order valence-electron chi connectivity index (χ1n) is 12.3. The predicted molar refractivity (Wildman–Crippen MR) is 144 cm³/mol. The van der Waals surface area contributed by atoms with E-state index in [0.717, 1.165) is 48.9 Å². The third kappa shape index (κ3) is 5.85. The number of anilines is 3. The average Bonchev–Trinajstić information content (AvgIpc) is 2.88. The van der Waals surface area contributed by atoms with E-state index in [1.807, 2.05) is 54.6 Å². The summed E-state index contributed by atoms with van der Waals surface area (Å²) in [4.78, 5) is 33.0. The Kier molecular flexibility index (Phi) is 7.29. The molecule has 4 rings (SSSR count). The first kappa shape index (κ1) is 25.2. The van der Waals surface area contributed by atoms with Gasteiger partial charge >= 0.3 is 5.97 Å². The number of carboxylic acid groups (broad SMARTS) is 1. The van der Waals surface area contributed by atoms with Crippen LogP contribution in [-0.4, -0.2) is 48.1 Å². The Morgan fingerprint density at radius 1 is 0.944 bits per heavy atom. The molecule has 36 heavy (non-hydrogen) atoms. The molecule has 0 saturated carbocycles. The van der Waals surface area contributed by atoms with Gasteiger partial charge in [-0.1, -0.05) is 45.0 Å². The summed E-state index contributed by atoms with van der Waals surface area (Å²) in [6.45, 7) is 11.4. The SMILES string of the molecule is CC(C(=O)O)c1ccc(N2CCN(c3ccc(C(=O)Nc4cccc(C(C)(C)C)c4)cn3)CC2)cc1. The predicted octanol–water partition coefficient (Wildman–Crippen LogP) is 5.15. The number of nitrogens with one attached hydrogen (secondary N) is 1. The van der Waals surface area contributed by atoms with Gasteiger partial charge in [0.2, 0.25) is 0 Å². The number of aromatic nitrogens is 1. The molecule has 1 fully saturated rings. The van der Waals surface area contributed by atoms with Crippen molar-refractivity contribution in [3.8, 4) is 0 Å². The lowest BCUT2D eigenvalue weighted by Gasteiger charge is -2.36. The van der Waals surface area contributed by atoms with Crippen LogP contribution < -0.4 is 15.1 Å². The number of hydrogen-bond donors (Lipinski definition) is 2. The second-order valence-corrected chi connectivity index (χ2v) is 10.3. The van der Waals surface area contributed by atoms with Crippen molar-refractivity contribution in [1.82, 2.24) is 4.98 Å². The van der Waals surface area contributed by atoms with Crippen molar-refractivity contribution in [2.45, 2.75) is 39.0 Å². The molecule has 3 aromatic rings. The Morgan fingerprint density at radius 2 is 1.61 bits per heavy atom. The zero-order valence-electron chi connectivity index (χ0n) is 21.4. The molecule has 1 atom stereocenters. The zero-order chi connectivity index (χ0) is 25.9. The number of carbonyl (C=O) groups excluding carboxylic acids is 1. The second-order valence-electron chi connectivity index (χ2n) is 10.3. The van der Waals surface area contributed by atoms with Crippen LogP contribution in [0, 0.1) is 0 Å². The van der Waals surface area contributed by atoms with Gasteiger partial charge in [0, 0.05) is 43.8 Å². The maximum atomic E-state index is 12.8. The first-order valence-corrected chi connectivity index (χ1v) is 12.3. The van der Waals surface area contributed by atoms with Crippen LogP contribution >= 0.6 is 0 Å². The fourth-order valence-electron chi connectivity index (χ4n) is 4.28. The molecular weight excluding hydrogens is 452 g/mol. The third-order valence-corrected chi connectivity index (χ3v) is 6.73. The summed E-state index contributed by atoms with van der Waals surface area (Å²) in [5.41, 5.74) is 4.37. The number of piperazine rings is 1. The van der Waals surface area contributed by atoms with E-state index in [0.29, 0.717) is 5.56 Å². The van der Waals surface area contributed by atoms with E-state index in [9.17, 15) is 14.7 Å². The van der Waals surface area contributed by atoms with E-state index in [-0.39, 0.29) is 11.3 Å². The van der Waals surface area contributed by atoms with Gasteiger partial charge in [0.05, 0.1) is 11.5 Å². The molecule has 1 aliphatic heterocycles. The van der Waals surface area contributed by atoms with Crippen LogP contribution in [0.1, 0.15) is 55.1 Å². The van der Waals surface area contributed by atoms with E-state index >= 15 is 0 Å². The molecule has 0 bridgehead atoms.